The molecule has 1 aromatic carbocycles. The largest absolute Gasteiger partial charge is 0.507 e. The molecule has 0 heterocycles. The van der Waals surface area contributed by atoms with E-state index in [2.05, 4.69) is 0 Å². The predicted octanol–water partition coefficient (Wildman–Crippen LogP) is 1.51. The van der Waals surface area contributed by atoms with Gasteiger partial charge in [0.2, 0.25) is 0 Å². The van der Waals surface area contributed by atoms with Gasteiger partial charge in [-0.2, -0.15) is 0 Å². The van der Waals surface area contributed by atoms with Crippen LogP contribution in [0, 0.1) is 0 Å². The average molecular weight is 258 g/mol. The Morgan fingerprint density at radius 3 is 2.76 bits per heavy atom. The topological polar surface area (TPSA) is 58.9 Å². The molecular formula is C12H18O4S. The van der Waals surface area contributed by atoms with Crippen molar-refractivity contribution in [3.8, 4) is 5.75 Å². The molecule has 1 atom stereocenters. The highest BCUT2D eigenvalue weighted by atomic mass is 32.2. The van der Waals surface area contributed by atoms with Crippen molar-refractivity contribution in [2.45, 2.75) is 11.0 Å². The van der Waals surface area contributed by atoms with E-state index in [1.54, 1.807) is 19.2 Å². The SMILES string of the molecule is COCCOCC(O)CSc1ccccc1O. The smallest absolute Gasteiger partial charge is 0.129 e. The normalized spacial score (nSPS) is 12.6. The van der Waals surface area contributed by atoms with Crippen LogP contribution in [-0.2, 0) is 9.47 Å². The van der Waals surface area contributed by atoms with Gasteiger partial charge in [-0.3, -0.25) is 0 Å². The minimum atomic E-state index is -0.545. The number of aliphatic hydroxyl groups excluding tert-OH is 1. The Balaban J connectivity index is 2.19. The van der Waals surface area contributed by atoms with Gasteiger partial charge in [0.25, 0.3) is 0 Å². The lowest BCUT2D eigenvalue weighted by Crippen LogP contribution is -2.19. The van der Waals surface area contributed by atoms with E-state index in [-0.39, 0.29) is 12.4 Å². The number of thioether (sulfide) groups is 1. The summed E-state index contributed by atoms with van der Waals surface area (Å²) in [5.74, 6) is 0.731. The summed E-state index contributed by atoms with van der Waals surface area (Å²) in [6, 6.07) is 7.06. The lowest BCUT2D eigenvalue weighted by Gasteiger charge is -2.11. The van der Waals surface area contributed by atoms with Crippen LogP contribution in [0.5, 0.6) is 5.75 Å². The summed E-state index contributed by atoms with van der Waals surface area (Å²) in [6.45, 7) is 1.29. The third-order valence-electron chi connectivity index (χ3n) is 2.04. The van der Waals surface area contributed by atoms with Gasteiger partial charge in [0, 0.05) is 17.8 Å². The number of hydrogen-bond donors (Lipinski definition) is 2. The highest BCUT2D eigenvalue weighted by molar-refractivity contribution is 7.99. The van der Waals surface area contributed by atoms with Gasteiger partial charge >= 0.3 is 0 Å². The van der Waals surface area contributed by atoms with Crippen molar-refractivity contribution in [2.24, 2.45) is 0 Å². The highest BCUT2D eigenvalue weighted by Gasteiger charge is 2.07. The van der Waals surface area contributed by atoms with Crippen LogP contribution in [0.4, 0.5) is 0 Å². The summed E-state index contributed by atoms with van der Waals surface area (Å²) in [6.07, 6.45) is -0.545. The number of ether oxygens (including phenoxy) is 2. The Hall–Kier alpha value is -0.750. The van der Waals surface area contributed by atoms with Gasteiger partial charge in [-0.05, 0) is 12.1 Å². The number of phenolic OH excluding ortho intramolecular Hbond substituents is 1. The molecule has 4 nitrogen and oxygen atoms in total. The highest BCUT2D eigenvalue weighted by Crippen LogP contribution is 2.27. The first-order valence-electron chi connectivity index (χ1n) is 5.39. The number of hydrogen-bond acceptors (Lipinski definition) is 5. The minimum Gasteiger partial charge on any atom is -0.507 e. The van der Waals surface area contributed by atoms with E-state index < -0.39 is 6.10 Å². The standard InChI is InChI=1S/C12H18O4S/c1-15-6-7-16-8-10(13)9-17-12-5-3-2-4-11(12)14/h2-5,10,13-14H,6-9H2,1H3. The summed E-state index contributed by atoms with van der Waals surface area (Å²) in [7, 11) is 1.60. The Kier molecular flexibility index (Phi) is 7.04. The molecule has 0 aliphatic heterocycles. The van der Waals surface area contributed by atoms with Crippen molar-refractivity contribution in [1.29, 1.82) is 0 Å². The van der Waals surface area contributed by atoms with E-state index in [4.69, 9.17) is 9.47 Å². The second kappa shape index (κ2) is 8.36. The molecule has 0 amide bonds. The van der Waals surface area contributed by atoms with Gasteiger partial charge in [-0.1, -0.05) is 12.1 Å². The maximum atomic E-state index is 9.63. The van der Waals surface area contributed by atoms with Crippen LogP contribution in [0.2, 0.25) is 0 Å². The molecule has 0 aromatic heterocycles. The van der Waals surface area contributed by atoms with Gasteiger partial charge in [-0.15, -0.1) is 11.8 Å². The summed E-state index contributed by atoms with van der Waals surface area (Å²) >= 11 is 1.41. The van der Waals surface area contributed by atoms with Crippen molar-refractivity contribution < 1.29 is 19.7 Å². The lowest BCUT2D eigenvalue weighted by atomic mass is 10.3. The van der Waals surface area contributed by atoms with Gasteiger partial charge in [-0.25, -0.2) is 0 Å². The Morgan fingerprint density at radius 2 is 2.06 bits per heavy atom. The zero-order valence-corrected chi connectivity index (χ0v) is 10.7. The quantitative estimate of drug-likeness (QED) is 0.547. The molecule has 1 rings (SSSR count). The molecule has 0 saturated carbocycles. The fraction of sp³-hybridized carbons (Fsp3) is 0.500. The fourth-order valence-electron chi connectivity index (χ4n) is 1.17. The molecule has 1 unspecified atom stereocenters. The zero-order valence-electron chi connectivity index (χ0n) is 9.83. The van der Waals surface area contributed by atoms with E-state index in [1.807, 2.05) is 12.1 Å². The van der Waals surface area contributed by atoms with Crippen LogP contribution in [-0.4, -0.2) is 49.0 Å². The Bertz CT molecular complexity index is 319. The first kappa shape index (κ1) is 14.3. The number of methoxy groups -OCH3 is 1. The molecule has 2 N–H and O–H groups in total. The van der Waals surface area contributed by atoms with Crippen molar-refractivity contribution in [1.82, 2.24) is 0 Å². The number of aliphatic hydroxyl groups is 1. The second-order valence-corrected chi connectivity index (χ2v) is 4.56. The van der Waals surface area contributed by atoms with Gasteiger partial charge in [0.05, 0.1) is 25.9 Å². The first-order chi connectivity index (χ1) is 8.24. The van der Waals surface area contributed by atoms with Crippen molar-refractivity contribution in [3.63, 3.8) is 0 Å². The van der Waals surface area contributed by atoms with E-state index in [0.717, 1.165) is 4.90 Å². The molecule has 96 valence electrons. The number of benzene rings is 1. The Labute approximate surface area is 106 Å². The summed E-state index contributed by atoms with van der Waals surface area (Å²) in [5, 5.41) is 19.2. The van der Waals surface area contributed by atoms with E-state index >= 15 is 0 Å². The van der Waals surface area contributed by atoms with Crippen LogP contribution in [0.15, 0.2) is 29.2 Å². The molecule has 0 aliphatic carbocycles. The summed E-state index contributed by atoms with van der Waals surface area (Å²) in [4.78, 5) is 0.767. The third kappa shape index (κ3) is 5.93. The summed E-state index contributed by atoms with van der Waals surface area (Å²) in [5.41, 5.74) is 0. The van der Waals surface area contributed by atoms with Crippen molar-refractivity contribution >= 4 is 11.8 Å². The molecule has 1 aromatic rings. The van der Waals surface area contributed by atoms with Crippen molar-refractivity contribution in [2.75, 3.05) is 32.7 Å². The van der Waals surface area contributed by atoms with Gasteiger partial charge < -0.3 is 19.7 Å². The maximum Gasteiger partial charge on any atom is 0.129 e. The molecule has 0 radical (unpaired) electrons. The molecule has 0 fully saturated rings. The van der Waals surface area contributed by atoms with Crippen LogP contribution in [0.25, 0.3) is 0 Å². The molecule has 0 spiro atoms. The van der Waals surface area contributed by atoms with Crippen molar-refractivity contribution in [3.05, 3.63) is 24.3 Å². The maximum absolute atomic E-state index is 9.63. The van der Waals surface area contributed by atoms with Crippen LogP contribution in [0.3, 0.4) is 0 Å². The molecule has 5 heteroatoms. The number of aromatic hydroxyl groups is 1. The Morgan fingerprint density at radius 1 is 1.29 bits per heavy atom. The number of phenols is 1. The fourth-order valence-corrected chi connectivity index (χ4v) is 2.03. The second-order valence-electron chi connectivity index (χ2n) is 3.50. The van der Waals surface area contributed by atoms with E-state index in [0.29, 0.717) is 19.0 Å². The number of para-hydroxylation sites is 1. The zero-order chi connectivity index (χ0) is 12.5. The molecule has 17 heavy (non-hydrogen) atoms. The van der Waals surface area contributed by atoms with Crippen LogP contribution in [0.1, 0.15) is 0 Å². The molecule has 0 bridgehead atoms. The average Bonchev–Trinajstić information content (AvgIpc) is 2.34. The van der Waals surface area contributed by atoms with Gasteiger partial charge in [0.1, 0.15) is 5.75 Å². The number of rotatable bonds is 8. The molecular weight excluding hydrogens is 240 g/mol. The first-order valence-corrected chi connectivity index (χ1v) is 6.38. The van der Waals surface area contributed by atoms with E-state index in [9.17, 15) is 10.2 Å². The van der Waals surface area contributed by atoms with Gasteiger partial charge in [0.15, 0.2) is 0 Å². The van der Waals surface area contributed by atoms with Crippen LogP contribution >= 0.6 is 11.8 Å². The van der Waals surface area contributed by atoms with Crippen LogP contribution < -0.4 is 0 Å². The minimum absolute atomic E-state index is 0.241. The summed E-state index contributed by atoms with van der Waals surface area (Å²) < 4.78 is 10.0. The monoisotopic (exact) mass is 258 g/mol. The third-order valence-corrected chi connectivity index (χ3v) is 3.25. The molecule has 0 aliphatic rings. The predicted molar refractivity (Wildman–Crippen MR) is 67.5 cm³/mol. The molecule has 0 saturated heterocycles. The lowest BCUT2D eigenvalue weighted by molar-refractivity contribution is 0.0218. The van der Waals surface area contributed by atoms with E-state index in [1.165, 1.54) is 11.8 Å².